The van der Waals surface area contributed by atoms with E-state index >= 15 is 0 Å². The monoisotopic (exact) mass is 516 g/mol. The van der Waals surface area contributed by atoms with E-state index < -0.39 is 24.1 Å². The number of hydrogen-bond donors (Lipinski definition) is 2. The van der Waals surface area contributed by atoms with E-state index in [0.29, 0.717) is 24.7 Å². The van der Waals surface area contributed by atoms with Gasteiger partial charge < -0.3 is 29.6 Å². The molecule has 2 N–H and O–H groups in total. The van der Waals surface area contributed by atoms with Crippen molar-refractivity contribution in [3.63, 3.8) is 0 Å². The number of methoxy groups -OCH3 is 2. The number of nitrogens with zero attached hydrogens (tertiary/aromatic N) is 4. The molecule has 0 aliphatic carbocycles. The molecule has 1 aliphatic rings. The van der Waals surface area contributed by atoms with Gasteiger partial charge in [-0.05, 0) is 18.9 Å². The lowest BCUT2D eigenvalue weighted by molar-refractivity contribution is -0.111. The summed E-state index contributed by atoms with van der Waals surface area (Å²) in [5, 5.41) is 10.2. The molecule has 0 bridgehead atoms. The summed E-state index contributed by atoms with van der Waals surface area (Å²) < 4.78 is 51.6. The Morgan fingerprint density at radius 1 is 1.19 bits per heavy atom. The third-order valence-corrected chi connectivity index (χ3v) is 5.65. The number of carbonyl (C=O) groups is 1. The van der Waals surface area contributed by atoms with Crippen molar-refractivity contribution in [1.29, 1.82) is 0 Å². The van der Waals surface area contributed by atoms with E-state index in [1.807, 2.05) is 0 Å². The molecule has 1 aliphatic heterocycles. The van der Waals surface area contributed by atoms with Crippen molar-refractivity contribution < 1.29 is 32.5 Å². The molecule has 0 unspecified atom stereocenters. The summed E-state index contributed by atoms with van der Waals surface area (Å²) in [5.74, 6) is -1.86. The van der Waals surface area contributed by atoms with Crippen LogP contribution in [-0.4, -0.2) is 53.1 Å². The predicted molar refractivity (Wildman–Crippen MR) is 129 cm³/mol. The average molecular weight is 517 g/mol. The smallest absolute Gasteiger partial charge is 0.247 e. The SMILES string of the molecule is C=CC(=O)Nc1cn(C2CCOCC2)nc1Nc1ncc(OCc2c(F)c(OC)cc(OC)c2F)cn1. The van der Waals surface area contributed by atoms with Crippen LogP contribution in [0.3, 0.4) is 0 Å². The molecular formula is C24H26F2N6O5. The lowest BCUT2D eigenvalue weighted by Gasteiger charge is -2.22. The second-order valence-corrected chi connectivity index (χ2v) is 7.95. The first kappa shape index (κ1) is 25.8. The quantitative estimate of drug-likeness (QED) is 0.388. The highest BCUT2D eigenvalue weighted by molar-refractivity contribution is 6.00. The van der Waals surface area contributed by atoms with E-state index in [1.165, 1.54) is 26.6 Å². The van der Waals surface area contributed by atoms with Gasteiger partial charge in [0.25, 0.3) is 0 Å². The van der Waals surface area contributed by atoms with Crippen molar-refractivity contribution in [3.05, 3.63) is 54.5 Å². The van der Waals surface area contributed by atoms with Gasteiger partial charge >= 0.3 is 0 Å². The van der Waals surface area contributed by atoms with Gasteiger partial charge in [0.2, 0.25) is 11.9 Å². The third kappa shape index (κ3) is 5.94. The van der Waals surface area contributed by atoms with Crippen molar-refractivity contribution in [2.75, 3.05) is 38.1 Å². The van der Waals surface area contributed by atoms with E-state index in [9.17, 15) is 13.6 Å². The van der Waals surface area contributed by atoms with Gasteiger partial charge in [0.15, 0.2) is 34.7 Å². The summed E-state index contributed by atoms with van der Waals surface area (Å²) in [6, 6.07) is 1.24. The predicted octanol–water partition coefficient (Wildman–Crippen LogP) is 3.77. The van der Waals surface area contributed by atoms with Crippen molar-refractivity contribution >= 4 is 23.4 Å². The Kier molecular flexibility index (Phi) is 8.13. The molecule has 11 nitrogen and oxygen atoms in total. The molecule has 1 saturated heterocycles. The largest absolute Gasteiger partial charge is 0.494 e. The molecule has 1 amide bonds. The normalized spacial score (nSPS) is 13.6. The van der Waals surface area contributed by atoms with Crippen molar-refractivity contribution in [1.82, 2.24) is 19.7 Å². The molecule has 1 aromatic carbocycles. The maximum atomic E-state index is 14.6. The number of hydrogen-bond acceptors (Lipinski definition) is 9. The molecule has 1 fully saturated rings. The minimum atomic E-state index is -0.894. The summed E-state index contributed by atoms with van der Waals surface area (Å²) in [5.41, 5.74) is 0.0675. The summed E-state index contributed by atoms with van der Waals surface area (Å²) in [4.78, 5) is 20.3. The molecule has 2 aromatic heterocycles. The minimum Gasteiger partial charge on any atom is -0.494 e. The van der Waals surface area contributed by atoms with E-state index in [1.54, 1.807) is 10.9 Å². The molecule has 0 radical (unpaired) electrons. The lowest BCUT2D eigenvalue weighted by Crippen LogP contribution is -2.20. The number of benzene rings is 1. The van der Waals surface area contributed by atoms with Gasteiger partial charge in [0.05, 0.1) is 44.4 Å². The average Bonchev–Trinajstić information content (AvgIpc) is 3.32. The van der Waals surface area contributed by atoms with Gasteiger partial charge in [-0.15, -0.1) is 0 Å². The highest BCUT2D eigenvalue weighted by Gasteiger charge is 2.22. The van der Waals surface area contributed by atoms with Crippen molar-refractivity contribution in [2.24, 2.45) is 0 Å². The van der Waals surface area contributed by atoms with Crippen LogP contribution in [0.5, 0.6) is 17.2 Å². The fourth-order valence-corrected chi connectivity index (χ4v) is 3.68. The number of halogens is 2. The summed E-state index contributed by atoms with van der Waals surface area (Å²) >= 11 is 0. The van der Waals surface area contributed by atoms with Gasteiger partial charge in [0.1, 0.15) is 12.3 Å². The number of anilines is 3. The highest BCUT2D eigenvalue weighted by atomic mass is 19.1. The maximum absolute atomic E-state index is 14.6. The Bertz CT molecular complexity index is 1230. The molecule has 4 rings (SSSR count). The number of carbonyl (C=O) groups excluding carboxylic acids is 1. The molecule has 196 valence electrons. The van der Waals surface area contributed by atoms with Crippen LogP contribution in [0.4, 0.5) is 26.2 Å². The lowest BCUT2D eigenvalue weighted by atomic mass is 10.1. The second-order valence-electron chi connectivity index (χ2n) is 7.95. The van der Waals surface area contributed by atoms with Crippen LogP contribution in [0.15, 0.2) is 37.3 Å². The molecule has 37 heavy (non-hydrogen) atoms. The van der Waals surface area contributed by atoms with Gasteiger partial charge in [-0.25, -0.2) is 18.7 Å². The van der Waals surface area contributed by atoms with Gasteiger partial charge in [-0.3, -0.25) is 9.48 Å². The fraction of sp³-hybridized carbons (Fsp3) is 0.333. The fourth-order valence-electron chi connectivity index (χ4n) is 3.68. The van der Waals surface area contributed by atoms with E-state index in [4.69, 9.17) is 18.9 Å². The zero-order valence-corrected chi connectivity index (χ0v) is 20.3. The third-order valence-electron chi connectivity index (χ3n) is 5.65. The van der Waals surface area contributed by atoms with E-state index in [0.717, 1.165) is 25.0 Å². The first-order chi connectivity index (χ1) is 17.9. The topological polar surface area (TPSA) is 122 Å². The summed E-state index contributed by atoms with van der Waals surface area (Å²) in [7, 11) is 2.53. The Morgan fingerprint density at radius 3 is 2.43 bits per heavy atom. The van der Waals surface area contributed by atoms with E-state index in [2.05, 4.69) is 32.3 Å². The molecule has 3 heterocycles. The number of amides is 1. The first-order valence-electron chi connectivity index (χ1n) is 11.3. The van der Waals surface area contributed by atoms with Crippen LogP contribution in [0.25, 0.3) is 0 Å². The van der Waals surface area contributed by atoms with Gasteiger partial charge in [0, 0.05) is 19.3 Å². The highest BCUT2D eigenvalue weighted by Crippen LogP contribution is 2.32. The maximum Gasteiger partial charge on any atom is 0.247 e. The number of aromatic nitrogens is 4. The Labute approximate surface area is 211 Å². The zero-order chi connectivity index (χ0) is 26.4. The van der Waals surface area contributed by atoms with Gasteiger partial charge in [-0.2, -0.15) is 5.10 Å². The molecule has 0 saturated carbocycles. The van der Waals surface area contributed by atoms with Crippen LogP contribution in [0, 0.1) is 11.6 Å². The van der Waals surface area contributed by atoms with Crippen LogP contribution < -0.4 is 24.8 Å². The molecule has 0 spiro atoms. The van der Waals surface area contributed by atoms with Crippen LogP contribution in [-0.2, 0) is 16.1 Å². The van der Waals surface area contributed by atoms with Crippen LogP contribution >= 0.6 is 0 Å². The van der Waals surface area contributed by atoms with Crippen LogP contribution in [0.1, 0.15) is 24.4 Å². The van der Waals surface area contributed by atoms with Crippen molar-refractivity contribution in [2.45, 2.75) is 25.5 Å². The number of rotatable bonds is 10. The zero-order valence-electron chi connectivity index (χ0n) is 20.3. The molecular weight excluding hydrogens is 490 g/mol. The standard InChI is InChI=1S/C24H26F2N6O5/c1-4-20(33)29-17-12-32(14-5-7-36-8-6-14)31-23(17)30-24-27-10-15(11-28-24)37-13-16-21(25)18(34-2)9-19(35-3)22(16)26/h4,9-12,14H,1,5-8,13H2,2-3H3,(H,29,33)(H,27,28,30,31). The summed E-state index contributed by atoms with van der Waals surface area (Å²) in [6.07, 6.45) is 7.13. The number of nitrogens with one attached hydrogen (secondary N) is 2. The molecule has 3 aromatic rings. The molecule has 0 atom stereocenters. The minimum absolute atomic E-state index is 0.122. The Balaban J connectivity index is 1.48. The van der Waals surface area contributed by atoms with Crippen molar-refractivity contribution in [3.8, 4) is 17.2 Å². The summed E-state index contributed by atoms with van der Waals surface area (Å²) in [6.45, 7) is 4.28. The molecule has 13 heteroatoms. The van der Waals surface area contributed by atoms with Crippen LogP contribution in [0.2, 0.25) is 0 Å². The van der Waals surface area contributed by atoms with Gasteiger partial charge in [-0.1, -0.05) is 6.58 Å². The Hall–Kier alpha value is -4.26. The second kappa shape index (κ2) is 11.6. The Morgan fingerprint density at radius 2 is 1.84 bits per heavy atom. The first-order valence-corrected chi connectivity index (χ1v) is 11.3. The number of ether oxygens (including phenoxy) is 4. The van der Waals surface area contributed by atoms with E-state index in [-0.39, 0.29) is 34.8 Å².